The molecule has 1 atom stereocenters. The standard InChI is InChI=1S/C14H24N4O2S/c1-3-11-10-17(2)7-4-8-18(11)14-6-5-12(9-13(14)15)21(16,19)20/h5-6,9,11H,3-4,7-8,10,15H2,1-2H3,(H2,16,19,20). The van der Waals surface area contributed by atoms with Gasteiger partial charge in [0.15, 0.2) is 0 Å². The van der Waals surface area contributed by atoms with E-state index >= 15 is 0 Å². The Balaban J connectivity index is 2.35. The van der Waals surface area contributed by atoms with Crippen LogP contribution in [0.25, 0.3) is 0 Å². The first-order valence-corrected chi connectivity index (χ1v) is 8.75. The molecule has 6 nitrogen and oxygen atoms in total. The lowest BCUT2D eigenvalue weighted by Gasteiger charge is -2.33. The summed E-state index contributed by atoms with van der Waals surface area (Å²) >= 11 is 0. The zero-order valence-corrected chi connectivity index (χ0v) is 13.4. The molecule has 0 bridgehead atoms. The van der Waals surface area contributed by atoms with Gasteiger partial charge in [0.1, 0.15) is 0 Å². The van der Waals surface area contributed by atoms with Crippen molar-refractivity contribution in [2.45, 2.75) is 30.7 Å². The van der Waals surface area contributed by atoms with E-state index in [2.05, 4.69) is 23.8 Å². The number of sulfonamides is 1. The summed E-state index contributed by atoms with van der Waals surface area (Å²) in [5.74, 6) is 0. The van der Waals surface area contributed by atoms with Crippen molar-refractivity contribution in [1.29, 1.82) is 0 Å². The van der Waals surface area contributed by atoms with Gasteiger partial charge in [-0.15, -0.1) is 0 Å². The van der Waals surface area contributed by atoms with Crippen LogP contribution < -0.4 is 15.8 Å². The van der Waals surface area contributed by atoms with Gasteiger partial charge in [0, 0.05) is 19.1 Å². The van der Waals surface area contributed by atoms with Gasteiger partial charge >= 0.3 is 0 Å². The topological polar surface area (TPSA) is 92.7 Å². The van der Waals surface area contributed by atoms with Crippen molar-refractivity contribution in [3.8, 4) is 0 Å². The minimum atomic E-state index is -3.71. The molecule has 1 aromatic carbocycles. The average Bonchev–Trinajstić information content (AvgIpc) is 2.59. The Morgan fingerprint density at radius 3 is 2.62 bits per heavy atom. The van der Waals surface area contributed by atoms with E-state index in [4.69, 9.17) is 10.9 Å². The maximum atomic E-state index is 11.4. The molecule has 0 aromatic heterocycles. The van der Waals surface area contributed by atoms with Gasteiger partial charge in [0.2, 0.25) is 10.0 Å². The predicted molar refractivity (Wildman–Crippen MR) is 85.8 cm³/mol. The fraction of sp³-hybridized carbons (Fsp3) is 0.571. The Hall–Kier alpha value is -1.31. The quantitative estimate of drug-likeness (QED) is 0.807. The van der Waals surface area contributed by atoms with Gasteiger partial charge in [0.25, 0.3) is 0 Å². The highest BCUT2D eigenvalue weighted by atomic mass is 32.2. The van der Waals surface area contributed by atoms with E-state index in [0.29, 0.717) is 11.7 Å². The van der Waals surface area contributed by atoms with Gasteiger partial charge < -0.3 is 15.5 Å². The third-order valence-corrected chi connectivity index (χ3v) is 4.92. The Bertz CT molecular complexity index is 603. The molecule has 0 spiro atoms. The number of benzene rings is 1. The summed E-state index contributed by atoms with van der Waals surface area (Å²) in [5, 5.41) is 5.15. The van der Waals surface area contributed by atoms with Crippen LogP contribution in [-0.4, -0.2) is 46.0 Å². The van der Waals surface area contributed by atoms with Crippen LogP contribution in [0, 0.1) is 0 Å². The highest BCUT2D eigenvalue weighted by molar-refractivity contribution is 7.89. The maximum absolute atomic E-state index is 11.4. The first-order valence-electron chi connectivity index (χ1n) is 7.20. The van der Waals surface area contributed by atoms with Crippen LogP contribution >= 0.6 is 0 Å². The summed E-state index contributed by atoms with van der Waals surface area (Å²) in [6, 6.07) is 5.12. The van der Waals surface area contributed by atoms with Gasteiger partial charge in [-0.1, -0.05) is 6.92 Å². The van der Waals surface area contributed by atoms with Crippen LogP contribution in [0.5, 0.6) is 0 Å². The summed E-state index contributed by atoms with van der Waals surface area (Å²) < 4.78 is 22.8. The van der Waals surface area contributed by atoms with Gasteiger partial charge in [-0.25, -0.2) is 13.6 Å². The average molecular weight is 312 g/mol. The number of hydrogen-bond acceptors (Lipinski definition) is 5. The molecule has 0 saturated carbocycles. The van der Waals surface area contributed by atoms with Crippen molar-refractivity contribution in [1.82, 2.24) is 4.90 Å². The molecular formula is C14H24N4O2S. The normalized spacial score (nSPS) is 21.3. The van der Waals surface area contributed by atoms with Crippen LogP contribution in [0.3, 0.4) is 0 Å². The highest BCUT2D eigenvalue weighted by Gasteiger charge is 2.24. The number of rotatable bonds is 3. The molecule has 0 amide bonds. The molecule has 7 heteroatoms. The number of nitrogens with two attached hydrogens (primary N) is 2. The Kier molecular flexibility index (Phi) is 4.75. The molecule has 1 saturated heterocycles. The molecule has 1 aromatic rings. The second-order valence-electron chi connectivity index (χ2n) is 5.64. The van der Waals surface area contributed by atoms with Crippen molar-refractivity contribution in [2.75, 3.05) is 37.3 Å². The Morgan fingerprint density at radius 2 is 2.05 bits per heavy atom. The van der Waals surface area contributed by atoms with Gasteiger partial charge in [-0.3, -0.25) is 0 Å². The second kappa shape index (κ2) is 6.21. The van der Waals surface area contributed by atoms with Gasteiger partial charge in [-0.05, 0) is 44.6 Å². The third kappa shape index (κ3) is 3.66. The summed E-state index contributed by atoms with van der Waals surface area (Å²) in [6.07, 6.45) is 2.07. The summed E-state index contributed by atoms with van der Waals surface area (Å²) in [4.78, 5) is 4.66. The largest absolute Gasteiger partial charge is 0.397 e. The number of anilines is 2. The molecule has 21 heavy (non-hydrogen) atoms. The lowest BCUT2D eigenvalue weighted by molar-refractivity contribution is 0.328. The van der Waals surface area contributed by atoms with Crippen LogP contribution in [0.4, 0.5) is 11.4 Å². The molecule has 1 aliphatic rings. The third-order valence-electron chi connectivity index (χ3n) is 4.01. The first kappa shape index (κ1) is 16.1. The van der Waals surface area contributed by atoms with Crippen molar-refractivity contribution in [2.24, 2.45) is 5.14 Å². The van der Waals surface area contributed by atoms with Crippen LogP contribution in [0.1, 0.15) is 19.8 Å². The van der Waals surface area contributed by atoms with Crippen molar-refractivity contribution in [3.05, 3.63) is 18.2 Å². The monoisotopic (exact) mass is 312 g/mol. The summed E-state index contributed by atoms with van der Waals surface area (Å²) in [5.41, 5.74) is 7.43. The number of primary sulfonamides is 1. The molecule has 1 heterocycles. The predicted octanol–water partition coefficient (Wildman–Crippen LogP) is 0.837. The van der Waals surface area contributed by atoms with E-state index in [9.17, 15) is 8.42 Å². The molecule has 1 aliphatic heterocycles. The molecule has 118 valence electrons. The molecule has 0 aliphatic carbocycles. The number of nitrogens with zero attached hydrogens (tertiary/aromatic N) is 2. The number of nitrogen functional groups attached to an aromatic ring is 1. The van der Waals surface area contributed by atoms with Gasteiger partial charge in [0.05, 0.1) is 16.3 Å². The molecule has 4 N–H and O–H groups in total. The van der Waals surface area contributed by atoms with E-state index in [1.54, 1.807) is 6.07 Å². The van der Waals surface area contributed by atoms with Crippen LogP contribution in [-0.2, 0) is 10.0 Å². The van der Waals surface area contributed by atoms with E-state index in [1.807, 2.05) is 0 Å². The van der Waals surface area contributed by atoms with E-state index in [1.165, 1.54) is 12.1 Å². The zero-order valence-electron chi connectivity index (χ0n) is 12.6. The lowest BCUT2D eigenvalue weighted by Crippen LogP contribution is -2.40. The minimum Gasteiger partial charge on any atom is -0.397 e. The lowest BCUT2D eigenvalue weighted by atomic mass is 10.1. The van der Waals surface area contributed by atoms with E-state index in [0.717, 1.165) is 38.2 Å². The summed E-state index contributed by atoms with van der Waals surface area (Å²) in [7, 11) is -1.59. The highest BCUT2D eigenvalue weighted by Crippen LogP contribution is 2.29. The number of hydrogen-bond donors (Lipinski definition) is 2. The van der Waals surface area contributed by atoms with Crippen LogP contribution in [0.2, 0.25) is 0 Å². The molecule has 0 radical (unpaired) electrons. The van der Waals surface area contributed by atoms with Crippen molar-refractivity contribution < 1.29 is 8.42 Å². The second-order valence-corrected chi connectivity index (χ2v) is 7.20. The maximum Gasteiger partial charge on any atom is 0.238 e. The molecule has 1 unspecified atom stereocenters. The number of likely N-dealkylation sites (N-methyl/N-ethyl adjacent to an activating group) is 1. The van der Waals surface area contributed by atoms with Crippen molar-refractivity contribution >= 4 is 21.4 Å². The zero-order chi connectivity index (χ0) is 15.6. The van der Waals surface area contributed by atoms with Gasteiger partial charge in [-0.2, -0.15) is 0 Å². The smallest absolute Gasteiger partial charge is 0.238 e. The Labute approximate surface area is 126 Å². The molecule has 2 rings (SSSR count). The fourth-order valence-electron chi connectivity index (χ4n) is 2.88. The fourth-order valence-corrected chi connectivity index (χ4v) is 3.43. The van der Waals surface area contributed by atoms with E-state index < -0.39 is 10.0 Å². The van der Waals surface area contributed by atoms with Crippen molar-refractivity contribution in [3.63, 3.8) is 0 Å². The first-order chi connectivity index (χ1) is 9.82. The van der Waals surface area contributed by atoms with Crippen LogP contribution in [0.15, 0.2) is 23.1 Å². The van der Waals surface area contributed by atoms with E-state index in [-0.39, 0.29) is 4.90 Å². The molecular weight excluding hydrogens is 288 g/mol. The molecule has 1 fully saturated rings. The Morgan fingerprint density at radius 1 is 1.33 bits per heavy atom. The minimum absolute atomic E-state index is 0.0590. The SMILES string of the molecule is CCC1CN(C)CCCN1c1ccc(S(N)(=O)=O)cc1N. The summed E-state index contributed by atoms with van der Waals surface area (Å²) in [6.45, 7) is 5.11.